The highest BCUT2D eigenvalue weighted by Gasteiger charge is 2.57. The van der Waals surface area contributed by atoms with Crippen molar-refractivity contribution in [3.8, 4) is 0 Å². The molecular weight excluding hydrogens is 468 g/mol. The molecule has 1 heterocycles. The molecule has 0 fully saturated rings. The monoisotopic (exact) mass is 473 g/mol. The molecule has 0 atom stereocenters. The van der Waals surface area contributed by atoms with Crippen molar-refractivity contribution < 1.29 is 58.3 Å². The molecule has 32 heavy (non-hydrogen) atoms. The van der Waals surface area contributed by atoms with Crippen molar-refractivity contribution in [1.29, 1.82) is 0 Å². The normalized spacial score (nSPS) is 11.8. The molecule has 0 amide bonds. The van der Waals surface area contributed by atoms with Gasteiger partial charge in [0.2, 0.25) is 11.6 Å². The number of rotatable bonds is 4. The number of aromatic nitrogens is 1. The zero-order valence-corrected chi connectivity index (χ0v) is 15.1. The summed E-state index contributed by atoms with van der Waals surface area (Å²) in [7, 11) is 0. The van der Waals surface area contributed by atoms with E-state index >= 15 is 0 Å². The van der Waals surface area contributed by atoms with E-state index in [1.54, 1.807) is 0 Å². The molecule has 0 saturated heterocycles. The van der Waals surface area contributed by atoms with Crippen LogP contribution < -0.4 is 0 Å². The topological polar surface area (TPSA) is 63.3 Å². The van der Waals surface area contributed by atoms with Crippen molar-refractivity contribution in [2.75, 3.05) is 0 Å². The van der Waals surface area contributed by atoms with E-state index in [0.29, 0.717) is 6.07 Å². The number of carboxylic acids is 1. The lowest BCUT2D eigenvalue weighted by molar-refractivity contribution is -0.141. The van der Waals surface area contributed by atoms with Crippen molar-refractivity contribution in [1.82, 2.24) is 5.16 Å². The largest absolute Gasteiger partial charge is 0.480 e. The first kappa shape index (κ1) is 23.1. The number of benzene rings is 2. The van der Waals surface area contributed by atoms with Crippen molar-refractivity contribution in [3.63, 3.8) is 0 Å². The summed E-state index contributed by atoms with van der Waals surface area (Å²) in [5.74, 6) is -32.7. The van der Waals surface area contributed by atoms with Gasteiger partial charge in [-0.15, -0.1) is 0 Å². The van der Waals surface area contributed by atoms with Crippen LogP contribution in [0.2, 0.25) is 0 Å². The second-order valence-electron chi connectivity index (χ2n) is 6.28. The van der Waals surface area contributed by atoms with Crippen molar-refractivity contribution in [3.05, 3.63) is 86.8 Å². The summed E-state index contributed by atoms with van der Waals surface area (Å²) in [5.41, 5.74) is -9.59. The Morgan fingerprint density at radius 2 is 1.03 bits per heavy atom. The summed E-state index contributed by atoms with van der Waals surface area (Å²) in [6.45, 7) is 1.04. The predicted octanol–water partition coefficient (Wildman–Crippen LogP) is 4.79. The fourth-order valence-electron chi connectivity index (χ4n) is 3.10. The van der Waals surface area contributed by atoms with Crippen LogP contribution >= 0.6 is 0 Å². The van der Waals surface area contributed by atoms with Crippen LogP contribution in [-0.2, 0) is 10.2 Å². The van der Waals surface area contributed by atoms with Crippen LogP contribution in [0, 0.1) is 65.1 Å². The number of carbonyl (C=O) groups is 1. The smallest absolute Gasteiger partial charge is 0.327 e. The molecule has 4 nitrogen and oxygen atoms in total. The fraction of sp³-hybridized carbons (Fsp3) is 0.111. The number of hydrogen-bond donors (Lipinski definition) is 1. The Balaban J connectivity index is 2.73. The molecule has 3 aromatic rings. The van der Waals surface area contributed by atoms with E-state index in [4.69, 9.17) is 0 Å². The number of aryl methyl sites for hydroxylation is 1. The van der Waals surface area contributed by atoms with Gasteiger partial charge in [0, 0.05) is 6.07 Å². The van der Waals surface area contributed by atoms with Crippen molar-refractivity contribution >= 4 is 5.97 Å². The van der Waals surface area contributed by atoms with Gasteiger partial charge in [-0.05, 0) is 6.92 Å². The van der Waals surface area contributed by atoms with Gasteiger partial charge >= 0.3 is 5.97 Å². The van der Waals surface area contributed by atoms with E-state index in [9.17, 15) is 53.8 Å². The van der Waals surface area contributed by atoms with Crippen molar-refractivity contribution in [2.24, 2.45) is 0 Å². The third-order valence-electron chi connectivity index (χ3n) is 4.49. The van der Waals surface area contributed by atoms with Crippen molar-refractivity contribution in [2.45, 2.75) is 12.3 Å². The van der Waals surface area contributed by atoms with Crippen LogP contribution in [0.4, 0.5) is 43.9 Å². The van der Waals surface area contributed by atoms with Gasteiger partial charge < -0.3 is 9.63 Å². The van der Waals surface area contributed by atoms with Crippen LogP contribution in [0.25, 0.3) is 0 Å². The third-order valence-corrected chi connectivity index (χ3v) is 4.49. The third kappa shape index (κ3) is 2.85. The zero-order chi connectivity index (χ0) is 24.3. The molecule has 2 aromatic carbocycles. The predicted molar refractivity (Wildman–Crippen MR) is 81.2 cm³/mol. The maximum absolute atomic E-state index is 14.6. The Bertz CT molecular complexity index is 1160. The SMILES string of the molecule is Cc1cc(C(C(=O)O)(c2c(F)c(F)c(F)c(F)c2F)c2c(F)c(F)c(F)c(F)c2F)on1. The van der Waals surface area contributed by atoms with Gasteiger partial charge in [0.25, 0.3) is 0 Å². The van der Waals surface area contributed by atoms with E-state index in [1.807, 2.05) is 0 Å². The maximum Gasteiger partial charge on any atom is 0.327 e. The second kappa shape index (κ2) is 7.53. The standard InChI is InChI=1S/C18H5F10NO3/c1-3-2-4(32-29-3)18(17(30)31,5-7(19)11(23)15(27)12(24)8(5)20)6-9(21)13(25)16(28)14(26)10(6)22/h2H,1H3,(H,30,31). The summed E-state index contributed by atoms with van der Waals surface area (Å²) in [5, 5.41) is 12.9. The lowest BCUT2D eigenvalue weighted by Crippen LogP contribution is -2.43. The highest BCUT2D eigenvalue weighted by Crippen LogP contribution is 2.47. The Morgan fingerprint density at radius 3 is 1.28 bits per heavy atom. The number of nitrogens with zero attached hydrogens (tertiary/aromatic N) is 1. The summed E-state index contributed by atoms with van der Waals surface area (Å²) in [6, 6.07) is 0.435. The molecule has 1 aromatic heterocycles. The molecule has 3 rings (SSSR count). The number of hydrogen-bond acceptors (Lipinski definition) is 3. The Labute approximate surface area is 169 Å². The molecule has 14 heteroatoms. The number of halogens is 10. The highest BCUT2D eigenvalue weighted by molar-refractivity contribution is 5.90. The molecule has 0 radical (unpaired) electrons. The summed E-state index contributed by atoms with van der Waals surface area (Å²) >= 11 is 0. The average molecular weight is 473 g/mol. The first-order valence-corrected chi connectivity index (χ1v) is 8.01. The zero-order valence-electron chi connectivity index (χ0n) is 15.1. The quantitative estimate of drug-likeness (QED) is 0.336. The molecule has 0 unspecified atom stereocenters. The van der Waals surface area contributed by atoms with Gasteiger partial charge in [0.15, 0.2) is 57.7 Å². The Kier molecular flexibility index (Phi) is 5.43. The first-order valence-electron chi connectivity index (χ1n) is 8.01. The lowest BCUT2D eigenvalue weighted by atomic mass is 9.71. The van der Waals surface area contributed by atoms with E-state index < -0.39 is 86.4 Å². The van der Waals surface area contributed by atoms with Crippen LogP contribution in [0.15, 0.2) is 10.6 Å². The lowest BCUT2D eigenvalue weighted by Gasteiger charge is -2.29. The van der Waals surface area contributed by atoms with E-state index in [-0.39, 0.29) is 5.69 Å². The summed E-state index contributed by atoms with van der Waals surface area (Å²) < 4.78 is 145. The van der Waals surface area contributed by atoms with Gasteiger partial charge in [-0.3, -0.25) is 4.79 Å². The number of aliphatic carboxylic acids is 1. The molecule has 0 aliphatic carbocycles. The summed E-state index contributed by atoms with van der Waals surface area (Å²) in [6.07, 6.45) is 0. The average Bonchev–Trinajstić information content (AvgIpc) is 3.18. The first-order chi connectivity index (χ1) is 14.8. The van der Waals surface area contributed by atoms with E-state index in [1.165, 1.54) is 0 Å². The van der Waals surface area contributed by atoms with E-state index in [0.717, 1.165) is 6.92 Å². The van der Waals surface area contributed by atoms with Crippen LogP contribution in [0.3, 0.4) is 0 Å². The Morgan fingerprint density at radius 1 is 0.719 bits per heavy atom. The summed E-state index contributed by atoms with van der Waals surface area (Å²) in [4.78, 5) is 12.2. The minimum Gasteiger partial charge on any atom is -0.480 e. The molecule has 1 N–H and O–H groups in total. The minimum atomic E-state index is -4.30. The van der Waals surface area contributed by atoms with E-state index in [2.05, 4.69) is 9.68 Å². The molecule has 0 bridgehead atoms. The van der Waals surface area contributed by atoms with Gasteiger partial charge in [-0.2, -0.15) is 0 Å². The number of carboxylic acid groups (broad SMARTS) is 1. The Hall–Kier alpha value is -3.58. The van der Waals surface area contributed by atoms with Gasteiger partial charge in [0.1, 0.15) is 0 Å². The molecule has 0 saturated carbocycles. The van der Waals surface area contributed by atoms with Gasteiger partial charge in [-0.25, -0.2) is 43.9 Å². The molecular formula is C18H5F10NO3. The molecule has 170 valence electrons. The minimum absolute atomic E-state index is 0.349. The molecule has 0 aliphatic rings. The van der Waals surface area contributed by atoms with Gasteiger partial charge in [-0.1, -0.05) is 5.16 Å². The van der Waals surface area contributed by atoms with Crippen LogP contribution in [-0.4, -0.2) is 16.2 Å². The van der Waals surface area contributed by atoms with Crippen LogP contribution in [0.5, 0.6) is 0 Å². The fourth-order valence-corrected chi connectivity index (χ4v) is 3.10. The second-order valence-corrected chi connectivity index (χ2v) is 6.28. The molecule has 0 aliphatic heterocycles. The maximum atomic E-state index is 14.6. The molecule has 0 spiro atoms. The van der Waals surface area contributed by atoms with Crippen LogP contribution in [0.1, 0.15) is 22.6 Å². The highest BCUT2D eigenvalue weighted by atomic mass is 19.2. The van der Waals surface area contributed by atoms with Gasteiger partial charge in [0.05, 0.1) is 16.8 Å².